The first-order valence-electron chi connectivity index (χ1n) is 9.27. The third-order valence-corrected chi connectivity index (χ3v) is 5.67. The first-order valence-corrected chi connectivity index (χ1v) is 9.27. The van der Waals surface area contributed by atoms with Gasteiger partial charge in [-0.2, -0.15) is 0 Å². The van der Waals surface area contributed by atoms with Crippen molar-refractivity contribution in [2.24, 2.45) is 0 Å². The smallest absolute Gasteiger partial charge is 0.282 e. The third-order valence-electron chi connectivity index (χ3n) is 5.67. The average molecular weight is 317 g/mol. The molecule has 3 nitrogen and oxygen atoms in total. The molecule has 1 unspecified atom stereocenters. The minimum atomic E-state index is 0.0668. The van der Waals surface area contributed by atoms with Gasteiger partial charge in [-0.1, -0.05) is 25.1 Å². The molecule has 1 aromatic carbocycles. The van der Waals surface area contributed by atoms with Gasteiger partial charge in [0.2, 0.25) is 0 Å². The summed E-state index contributed by atoms with van der Waals surface area (Å²) in [5.41, 5.74) is 3.29. The van der Waals surface area contributed by atoms with Crippen molar-refractivity contribution in [3.05, 3.63) is 29.3 Å². The number of nitrogens with one attached hydrogen (secondary N) is 1. The molecule has 0 saturated carbocycles. The van der Waals surface area contributed by atoms with E-state index < -0.39 is 0 Å². The van der Waals surface area contributed by atoms with Crippen LogP contribution in [0.25, 0.3) is 0 Å². The molecule has 1 heterocycles. The van der Waals surface area contributed by atoms with E-state index in [0.29, 0.717) is 0 Å². The fraction of sp³-hybridized carbons (Fsp3) is 0.650. The SMILES string of the molecule is CCC(C(=O)Nc1c(C)cccc1C)[N+]1(CC)CCCCCC1. The van der Waals surface area contributed by atoms with Gasteiger partial charge in [-0.15, -0.1) is 0 Å². The zero-order valence-electron chi connectivity index (χ0n) is 15.3. The van der Waals surface area contributed by atoms with Crippen LogP contribution in [0, 0.1) is 13.8 Å². The van der Waals surface area contributed by atoms with E-state index in [2.05, 4.69) is 45.1 Å². The lowest BCUT2D eigenvalue weighted by Crippen LogP contribution is -2.60. The summed E-state index contributed by atoms with van der Waals surface area (Å²) in [6.07, 6.45) is 6.04. The van der Waals surface area contributed by atoms with Crippen molar-refractivity contribution in [2.45, 2.75) is 65.8 Å². The summed E-state index contributed by atoms with van der Waals surface area (Å²) in [5, 5.41) is 3.25. The maximum atomic E-state index is 13.1. The molecular formula is C20H33N2O+. The number of amides is 1. The predicted molar refractivity (Wildman–Crippen MR) is 97.6 cm³/mol. The maximum absolute atomic E-state index is 13.1. The van der Waals surface area contributed by atoms with Crippen LogP contribution in [-0.2, 0) is 4.79 Å². The van der Waals surface area contributed by atoms with Gasteiger partial charge in [-0.05, 0) is 57.6 Å². The number of benzene rings is 1. The molecular weight excluding hydrogens is 284 g/mol. The van der Waals surface area contributed by atoms with Gasteiger partial charge >= 0.3 is 0 Å². The highest BCUT2D eigenvalue weighted by molar-refractivity contribution is 5.95. The van der Waals surface area contributed by atoms with Gasteiger partial charge in [-0.3, -0.25) is 4.79 Å². The Morgan fingerprint density at radius 2 is 1.65 bits per heavy atom. The van der Waals surface area contributed by atoms with Crippen molar-refractivity contribution in [1.82, 2.24) is 0 Å². The number of rotatable bonds is 5. The number of quaternary nitrogens is 1. The number of hydrogen-bond acceptors (Lipinski definition) is 1. The maximum Gasteiger partial charge on any atom is 0.282 e. The summed E-state index contributed by atoms with van der Waals surface area (Å²) < 4.78 is 0.966. The van der Waals surface area contributed by atoms with Crippen molar-refractivity contribution in [1.29, 1.82) is 0 Å². The Labute approximate surface area is 141 Å². The molecule has 0 bridgehead atoms. The Bertz CT molecular complexity index is 510. The lowest BCUT2D eigenvalue weighted by molar-refractivity contribution is -0.940. The van der Waals surface area contributed by atoms with Crippen LogP contribution < -0.4 is 5.32 Å². The topological polar surface area (TPSA) is 29.1 Å². The molecule has 3 heteroatoms. The van der Waals surface area contributed by atoms with Gasteiger partial charge in [0.25, 0.3) is 5.91 Å². The second-order valence-electron chi connectivity index (χ2n) is 7.08. The van der Waals surface area contributed by atoms with Crippen molar-refractivity contribution in [3.63, 3.8) is 0 Å². The number of aryl methyl sites for hydroxylation is 2. The third kappa shape index (κ3) is 3.95. The van der Waals surface area contributed by atoms with Crippen LogP contribution in [0.5, 0.6) is 0 Å². The quantitative estimate of drug-likeness (QED) is 0.800. The second kappa shape index (κ2) is 7.96. The average Bonchev–Trinajstić information content (AvgIpc) is 2.78. The molecule has 128 valence electrons. The standard InChI is InChI=1S/C20H32N2O/c1-5-18(22(6-2)14-9-7-8-10-15-22)20(23)21-19-16(3)12-11-13-17(19)4/h11-13,18H,5-10,14-15H2,1-4H3/p+1. The van der Waals surface area contributed by atoms with Crippen LogP contribution in [0.2, 0.25) is 0 Å². The summed E-state index contributed by atoms with van der Waals surface area (Å²) >= 11 is 0. The minimum Gasteiger partial charge on any atom is -0.320 e. The Hall–Kier alpha value is -1.35. The molecule has 0 aromatic heterocycles. The highest BCUT2D eigenvalue weighted by Crippen LogP contribution is 2.26. The van der Waals surface area contributed by atoms with Gasteiger partial charge in [0.1, 0.15) is 0 Å². The minimum absolute atomic E-state index is 0.0668. The number of likely N-dealkylation sites (N-methyl/N-ethyl adjacent to an activating group) is 1. The van der Waals surface area contributed by atoms with Crippen molar-refractivity contribution in [2.75, 3.05) is 25.0 Å². The molecule has 1 fully saturated rings. The molecule has 1 aromatic rings. The van der Waals surface area contributed by atoms with Crippen LogP contribution in [0.3, 0.4) is 0 Å². The van der Waals surface area contributed by atoms with Gasteiger partial charge in [0.05, 0.1) is 19.6 Å². The fourth-order valence-corrected chi connectivity index (χ4v) is 4.21. The first-order chi connectivity index (χ1) is 11.0. The zero-order valence-corrected chi connectivity index (χ0v) is 15.3. The van der Waals surface area contributed by atoms with Gasteiger partial charge in [0, 0.05) is 12.1 Å². The van der Waals surface area contributed by atoms with E-state index >= 15 is 0 Å². The zero-order chi connectivity index (χ0) is 16.9. The molecule has 1 atom stereocenters. The van der Waals surface area contributed by atoms with Crippen LogP contribution in [0.4, 0.5) is 5.69 Å². The summed E-state index contributed by atoms with van der Waals surface area (Å²) in [4.78, 5) is 13.1. The second-order valence-corrected chi connectivity index (χ2v) is 7.08. The van der Waals surface area contributed by atoms with E-state index in [-0.39, 0.29) is 11.9 Å². The van der Waals surface area contributed by atoms with Gasteiger partial charge in [-0.25, -0.2) is 0 Å². The van der Waals surface area contributed by atoms with Crippen LogP contribution in [0.1, 0.15) is 57.1 Å². The monoisotopic (exact) mass is 317 g/mol. The summed E-state index contributed by atoms with van der Waals surface area (Å²) in [5.74, 6) is 0.202. The number of nitrogens with zero attached hydrogens (tertiary/aromatic N) is 1. The molecule has 0 aliphatic carbocycles. The van der Waals surface area contributed by atoms with Crippen molar-refractivity contribution < 1.29 is 9.28 Å². The molecule has 1 saturated heterocycles. The Morgan fingerprint density at radius 1 is 1.09 bits per heavy atom. The summed E-state index contributed by atoms with van der Waals surface area (Å²) in [7, 11) is 0. The number of hydrogen-bond donors (Lipinski definition) is 1. The normalized spacial score (nSPS) is 19.0. The Balaban J connectivity index is 2.23. The number of carbonyl (C=O) groups is 1. The molecule has 1 aliphatic rings. The summed E-state index contributed by atoms with van der Waals surface area (Å²) in [6.45, 7) is 11.9. The molecule has 1 N–H and O–H groups in total. The lowest BCUT2D eigenvalue weighted by Gasteiger charge is -2.42. The lowest BCUT2D eigenvalue weighted by atomic mass is 10.0. The molecule has 23 heavy (non-hydrogen) atoms. The van der Waals surface area contributed by atoms with E-state index in [9.17, 15) is 4.79 Å². The molecule has 1 aliphatic heterocycles. The molecule has 1 amide bonds. The molecule has 0 radical (unpaired) electrons. The number of para-hydroxylation sites is 1. The number of anilines is 1. The highest BCUT2D eigenvalue weighted by Gasteiger charge is 2.39. The summed E-state index contributed by atoms with van der Waals surface area (Å²) in [6, 6.07) is 6.25. The van der Waals surface area contributed by atoms with Crippen LogP contribution in [-0.4, -0.2) is 36.1 Å². The Kier molecular flexibility index (Phi) is 6.23. The van der Waals surface area contributed by atoms with Gasteiger partial charge < -0.3 is 9.80 Å². The van der Waals surface area contributed by atoms with Crippen molar-refractivity contribution in [3.8, 4) is 0 Å². The van der Waals surface area contributed by atoms with E-state index in [4.69, 9.17) is 0 Å². The van der Waals surface area contributed by atoms with E-state index in [1.54, 1.807) is 0 Å². The predicted octanol–water partition coefficient (Wildman–Crippen LogP) is 4.43. The highest BCUT2D eigenvalue weighted by atomic mass is 16.2. The Morgan fingerprint density at radius 3 is 2.13 bits per heavy atom. The van der Waals surface area contributed by atoms with Crippen molar-refractivity contribution >= 4 is 11.6 Å². The van der Waals surface area contributed by atoms with E-state index in [0.717, 1.165) is 47.4 Å². The molecule has 2 rings (SSSR count). The fourth-order valence-electron chi connectivity index (χ4n) is 4.21. The largest absolute Gasteiger partial charge is 0.320 e. The number of carbonyl (C=O) groups excluding carboxylic acids is 1. The van der Waals surface area contributed by atoms with E-state index in [1.165, 1.54) is 25.7 Å². The van der Waals surface area contributed by atoms with E-state index in [1.807, 2.05) is 6.07 Å². The van der Waals surface area contributed by atoms with Crippen LogP contribution in [0.15, 0.2) is 18.2 Å². The number of likely N-dealkylation sites (tertiary alicyclic amines) is 1. The molecule has 0 spiro atoms. The van der Waals surface area contributed by atoms with Crippen LogP contribution >= 0.6 is 0 Å². The van der Waals surface area contributed by atoms with Gasteiger partial charge in [0.15, 0.2) is 6.04 Å². The first kappa shape index (κ1) is 18.0.